The highest BCUT2D eigenvalue weighted by Crippen LogP contribution is 2.15. The van der Waals surface area contributed by atoms with Crippen LogP contribution in [0.25, 0.3) is 0 Å². The zero-order valence-electron chi connectivity index (χ0n) is 7.74. The van der Waals surface area contributed by atoms with Crippen molar-refractivity contribution < 1.29 is 4.79 Å². The molecule has 1 heterocycles. The maximum absolute atomic E-state index is 10.5. The molecule has 0 atom stereocenters. The molecule has 4 heteroatoms. The average Bonchev–Trinajstić information content (AvgIpc) is 2.03. The second kappa shape index (κ2) is 3.89. The normalized spacial score (nSPS) is 10.1. The van der Waals surface area contributed by atoms with Crippen LogP contribution in [0.1, 0.15) is 25.5 Å². The Morgan fingerprint density at radius 1 is 1.62 bits per heavy atom. The molecule has 4 nitrogen and oxygen atoms in total. The van der Waals surface area contributed by atoms with Gasteiger partial charge in [0.25, 0.3) is 0 Å². The van der Waals surface area contributed by atoms with E-state index in [2.05, 4.69) is 10.3 Å². The van der Waals surface area contributed by atoms with Gasteiger partial charge in [-0.3, -0.25) is 4.98 Å². The molecule has 0 spiro atoms. The number of anilines is 1. The Labute approximate surface area is 77.2 Å². The van der Waals surface area contributed by atoms with Gasteiger partial charge < -0.3 is 11.1 Å². The van der Waals surface area contributed by atoms with Crippen LogP contribution in [0.5, 0.6) is 0 Å². The van der Waals surface area contributed by atoms with Gasteiger partial charge in [0, 0.05) is 17.6 Å². The van der Waals surface area contributed by atoms with Gasteiger partial charge in [0.15, 0.2) is 0 Å². The van der Waals surface area contributed by atoms with Crippen molar-refractivity contribution in [1.29, 1.82) is 0 Å². The van der Waals surface area contributed by atoms with Gasteiger partial charge in [0.05, 0.1) is 0 Å². The number of rotatable bonds is 2. The SMILES string of the molecule is CC(C)c1cc(NC(N)=O)ccn1. The Balaban J connectivity index is 2.85. The lowest BCUT2D eigenvalue weighted by atomic mass is 10.1. The van der Waals surface area contributed by atoms with E-state index in [1.807, 2.05) is 19.9 Å². The fourth-order valence-corrected chi connectivity index (χ4v) is 0.984. The van der Waals surface area contributed by atoms with Crippen LogP contribution in [0.3, 0.4) is 0 Å². The standard InChI is InChI=1S/C9H13N3O/c1-6(2)8-5-7(3-4-11-8)12-9(10)13/h3-6H,1-2H3,(H3,10,11,12,13). The lowest BCUT2D eigenvalue weighted by Gasteiger charge is -2.06. The highest BCUT2D eigenvalue weighted by molar-refractivity contribution is 5.87. The fourth-order valence-electron chi connectivity index (χ4n) is 0.984. The number of amides is 2. The maximum Gasteiger partial charge on any atom is 0.316 e. The minimum Gasteiger partial charge on any atom is -0.351 e. The number of nitrogens with one attached hydrogen (secondary N) is 1. The summed E-state index contributed by atoms with van der Waals surface area (Å²) in [4.78, 5) is 14.7. The number of carbonyl (C=O) groups is 1. The van der Waals surface area contributed by atoms with Gasteiger partial charge in [-0.05, 0) is 18.1 Å². The van der Waals surface area contributed by atoms with E-state index >= 15 is 0 Å². The molecule has 1 rings (SSSR count). The second-order valence-electron chi connectivity index (χ2n) is 3.11. The van der Waals surface area contributed by atoms with E-state index < -0.39 is 6.03 Å². The number of aromatic nitrogens is 1. The first-order chi connectivity index (χ1) is 6.09. The van der Waals surface area contributed by atoms with Crippen molar-refractivity contribution in [3.63, 3.8) is 0 Å². The van der Waals surface area contributed by atoms with E-state index in [0.29, 0.717) is 11.6 Å². The summed E-state index contributed by atoms with van der Waals surface area (Å²) in [7, 11) is 0. The molecule has 0 aromatic carbocycles. The maximum atomic E-state index is 10.5. The molecule has 0 saturated heterocycles. The molecule has 1 aromatic rings. The van der Waals surface area contributed by atoms with E-state index in [-0.39, 0.29) is 0 Å². The molecule has 1 aromatic heterocycles. The van der Waals surface area contributed by atoms with E-state index in [9.17, 15) is 4.79 Å². The number of pyridine rings is 1. The van der Waals surface area contributed by atoms with Crippen LogP contribution < -0.4 is 11.1 Å². The summed E-state index contributed by atoms with van der Waals surface area (Å²) in [6.07, 6.45) is 1.65. The molecule has 70 valence electrons. The predicted molar refractivity (Wildman–Crippen MR) is 51.5 cm³/mol. The molecule has 0 aliphatic carbocycles. The van der Waals surface area contributed by atoms with Crippen molar-refractivity contribution in [3.8, 4) is 0 Å². The zero-order chi connectivity index (χ0) is 9.84. The Kier molecular flexibility index (Phi) is 2.84. The molecule has 0 radical (unpaired) electrons. The first-order valence-corrected chi connectivity index (χ1v) is 4.12. The van der Waals surface area contributed by atoms with E-state index in [4.69, 9.17) is 5.73 Å². The van der Waals surface area contributed by atoms with Crippen molar-refractivity contribution in [2.24, 2.45) is 5.73 Å². The minimum atomic E-state index is -0.555. The van der Waals surface area contributed by atoms with Crippen LogP contribution in [-0.2, 0) is 0 Å². The van der Waals surface area contributed by atoms with Crippen LogP contribution in [0.4, 0.5) is 10.5 Å². The first kappa shape index (κ1) is 9.51. The van der Waals surface area contributed by atoms with Crippen LogP contribution in [0.2, 0.25) is 0 Å². The van der Waals surface area contributed by atoms with E-state index in [1.54, 1.807) is 12.3 Å². The average molecular weight is 179 g/mol. The van der Waals surface area contributed by atoms with Gasteiger partial charge >= 0.3 is 6.03 Å². The molecular weight excluding hydrogens is 166 g/mol. The number of hydrogen-bond acceptors (Lipinski definition) is 2. The molecule has 13 heavy (non-hydrogen) atoms. The van der Waals surface area contributed by atoms with Gasteiger partial charge in [-0.15, -0.1) is 0 Å². The number of urea groups is 1. The van der Waals surface area contributed by atoms with Crippen molar-refractivity contribution in [2.45, 2.75) is 19.8 Å². The summed E-state index contributed by atoms with van der Waals surface area (Å²) in [5.41, 5.74) is 6.60. The summed E-state index contributed by atoms with van der Waals surface area (Å²) in [5, 5.41) is 2.50. The molecule has 0 fully saturated rings. The van der Waals surface area contributed by atoms with Crippen molar-refractivity contribution in [2.75, 3.05) is 5.32 Å². The number of nitrogens with two attached hydrogens (primary N) is 1. The summed E-state index contributed by atoms with van der Waals surface area (Å²) in [6.45, 7) is 4.08. The lowest BCUT2D eigenvalue weighted by Crippen LogP contribution is -2.19. The highest BCUT2D eigenvalue weighted by Gasteiger charge is 2.02. The highest BCUT2D eigenvalue weighted by atomic mass is 16.2. The predicted octanol–water partition coefficient (Wildman–Crippen LogP) is 1.70. The first-order valence-electron chi connectivity index (χ1n) is 4.12. The molecule has 3 N–H and O–H groups in total. The molecule has 0 aliphatic rings. The Morgan fingerprint density at radius 2 is 2.31 bits per heavy atom. The smallest absolute Gasteiger partial charge is 0.316 e. The third-order valence-corrected chi connectivity index (χ3v) is 1.64. The largest absolute Gasteiger partial charge is 0.351 e. The topological polar surface area (TPSA) is 68.0 Å². The summed E-state index contributed by atoms with van der Waals surface area (Å²) >= 11 is 0. The second-order valence-corrected chi connectivity index (χ2v) is 3.11. The minimum absolute atomic E-state index is 0.342. The molecule has 0 unspecified atom stereocenters. The van der Waals surface area contributed by atoms with Gasteiger partial charge in [-0.1, -0.05) is 13.8 Å². The van der Waals surface area contributed by atoms with Crippen LogP contribution in [0.15, 0.2) is 18.3 Å². The number of nitrogens with zero attached hydrogens (tertiary/aromatic N) is 1. The van der Waals surface area contributed by atoms with Crippen molar-refractivity contribution in [3.05, 3.63) is 24.0 Å². The van der Waals surface area contributed by atoms with Crippen LogP contribution in [0, 0.1) is 0 Å². The Bertz CT molecular complexity index is 309. The number of hydrogen-bond donors (Lipinski definition) is 2. The monoisotopic (exact) mass is 179 g/mol. The van der Waals surface area contributed by atoms with E-state index in [1.165, 1.54) is 0 Å². The van der Waals surface area contributed by atoms with Gasteiger partial charge in [-0.2, -0.15) is 0 Å². The Hall–Kier alpha value is -1.58. The molecule has 0 aliphatic heterocycles. The lowest BCUT2D eigenvalue weighted by molar-refractivity contribution is 0.259. The van der Waals surface area contributed by atoms with Crippen molar-refractivity contribution in [1.82, 2.24) is 4.98 Å². The molecular formula is C9H13N3O. The summed E-state index contributed by atoms with van der Waals surface area (Å²) in [5.74, 6) is 0.342. The Morgan fingerprint density at radius 3 is 2.85 bits per heavy atom. The van der Waals surface area contributed by atoms with Gasteiger partial charge in [0.2, 0.25) is 0 Å². The van der Waals surface area contributed by atoms with Gasteiger partial charge in [-0.25, -0.2) is 4.79 Å². The summed E-state index contributed by atoms with van der Waals surface area (Å²) in [6, 6.07) is 2.97. The zero-order valence-corrected chi connectivity index (χ0v) is 7.74. The molecule has 0 bridgehead atoms. The third-order valence-electron chi connectivity index (χ3n) is 1.64. The van der Waals surface area contributed by atoms with Gasteiger partial charge in [0.1, 0.15) is 0 Å². The van der Waals surface area contributed by atoms with Crippen LogP contribution >= 0.6 is 0 Å². The molecule has 0 saturated carbocycles. The third kappa shape index (κ3) is 2.74. The van der Waals surface area contributed by atoms with Crippen LogP contribution in [-0.4, -0.2) is 11.0 Å². The summed E-state index contributed by atoms with van der Waals surface area (Å²) < 4.78 is 0. The number of carbonyl (C=O) groups excluding carboxylic acids is 1. The fraction of sp³-hybridized carbons (Fsp3) is 0.333. The van der Waals surface area contributed by atoms with Crippen molar-refractivity contribution >= 4 is 11.7 Å². The molecule has 2 amide bonds. The quantitative estimate of drug-likeness (QED) is 0.725. The van der Waals surface area contributed by atoms with E-state index in [0.717, 1.165) is 5.69 Å². The number of primary amides is 1.